The van der Waals surface area contributed by atoms with Gasteiger partial charge in [-0.25, -0.2) is 19.4 Å². The average Bonchev–Trinajstić information content (AvgIpc) is 3.63. The van der Waals surface area contributed by atoms with Crippen LogP contribution in [0.1, 0.15) is 99.3 Å². The van der Waals surface area contributed by atoms with Gasteiger partial charge in [-0.2, -0.15) is 0 Å². The van der Waals surface area contributed by atoms with E-state index < -0.39 is 23.4 Å². The fourth-order valence-electron chi connectivity index (χ4n) is 8.95. The Labute approximate surface area is 251 Å². The fraction of sp³-hybridized carbons (Fsp3) is 0.818. The molecule has 8 atom stereocenters. The van der Waals surface area contributed by atoms with E-state index in [1.54, 1.807) is 0 Å². The Morgan fingerprint density at radius 1 is 0.762 bits per heavy atom. The maximum absolute atomic E-state index is 12.9. The molecule has 6 fully saturated rings. The number of likely N-dealkylation sites (tertiary alicyclic amines) is 2. The van der Waals surface area contributed by atoms with Crippen LogP contribution in [0.4, 0.5) is 9.59 Å². The zero-order valence-electron chi connectivity index (χ0n) is 26.9. The van der Waals surface area contributed by atoms with Crippen LogP contribution in [0.25, 0.3) is 0 Å². The second-order valence-corrected chi connectivity index (χ2v) is 15.7. The van der Waals surface area contributed by atoms with Gasteiger partial charge in [0.15, 0.2) is 0 Å². The Morgan fingerprint density at radius 3 is 1.83 bits per heavy atom. The summed E-state index contributed by atoms with van der Waals surface area (Å²) in [5, 5.41) is 0. The molecule has 0 unspecified atom stereocenters. The number of imide groups is 2. The third-order valence-electron chi connectivity index (χ3n) is 10.1. The summed E-state index contributed by atoms with van der Waals surface area (Å²) < 4.78 is 10.9. The Kier molecular flexibility index (Phi) is 8.20. The molecule has 0 bridgehead atoms. The minimum absolute atomic E-state index is 0.00366. The number of amides is 4. The highest BCUT2D eigenvalue weighted by molar-refractivity contribution is 6.06. The summed E-state index contributed by atoms with van der Waals surface area (Å²) in [6.45, 7) is 11.0. The predicted octanol–water partition coefficient (Wildman–Crippen LogP) is 5.97. The molecule has 2 heterocycles. The molecule has 9 nitrogen and oxygen atoms in total. The SMILES string of the molecule is CC(C)(C)OC(=O)N1C(=O)C[C@H]2C[C@@H]3CCC[C@@H]3[C@H]21.CN(C)/C=C1/C(=O)N(C(=O)OC(C)(C)C)[C@@H]2[C@H]3CCC[C@H]3C[C@H]12. The van der Waals surface area contributed by atoms with Gasteiger partial charge in [-0.1, -0.05) is 25.7 Å². The molecule has 4 amide bonds. The van der Waals surface area contributed by atoms with E-state index in [4.69, 9.17) is 9.47 Å². The molecular weight excluding hydrogens is 534 g/mol. The first-order valence-electron chi connectivity index (χ1n) is 16.1. The lowest BCUT2D eigenvalue weighted by Crippen LogP contribution is -2.45. The Hall–Kier alpha value is -2.58. The van der Waals surface area contributed by atoms with Gasteiger partial charge in [-0.05, 0) is 96.8 Å². The van der Waals surface area contributed by atoms with Crippen molar-refractivity contribution in [1.29, 1.82) is 0 Å². The summed E-state index contributed by atoms with van der Waals surface area (Å²) in [6.07, 6.45) is 10.9. The fourth-order valence-corrected chi connectivity index (χ4v) is 8.95. The second kappa shape index (κ2) is 11.2. The van der Waals surface area contributed by atoms with Gasteiger partial charge in [0.1, 0.15) is 11.2 Å². The van der Waals surface area contributed by atoms with Gasteiger partial charge < -0.3 is 14.4 Å². The molecule has 0 aromatic carbocycles. The van der Waals surface area contributed by atoms with E-state index >= 15 is 0 Å². The lowest BCUT2D eigenvalue weighted by molar-refractivity contribution is -0.129. The maximum Gasteiger partial charge on any atom is 0.417 e. The number of fused-ring (bicyclic) bond motifs is 6. The molecule has 234 valence electrons. The van der Waals surface area contributed by atoms with Gasteiger partial charge in [0.05, 0.1) is 6.04 Å². The molecule has 0 radical (unpaired) electrons. The first-order chi connectivity index (χ1) is 19.6. The molecule has 42 heavy (non-hydrogen) atoms. The number of ether oxygens (including phenoxy) is 2. The number of rotatable bonds is 1. The highest BCUT2D eigenvalue weighted by Crippen LogP contribution is 2.55. The molecule has 4 aliphatic carbocycles. The lowest BCUT2D eigenvalue weighted by Gasteiger charge is -2.30. The van der Waals surface area contributed by atoms with Gasteiger partial charge in [0.2, 0.25) is 5.91 Å². The van der Waals surface area contributed by atoms with Crippen LogP contribution in [0.3, 0.4) is 0 Å². The van der Waals surface area contributed by atoms with Gasteiger partial charge in [-0.15, -0.1) is 0 Å². The summed E-state index contributed by atoms with van der Waals surface area (Å²) in [5.41, 5.74) is -0.349. The van der Waals surface area contributed by atoms with E-state index in [0.29, 0.717) is 30.1 Å². The quantitative estimate of drug-likeness (QED) is 0.350. The zero-order chi connectivity index (χ0) is 30.7. The number of nitrogens with zero attached hydrogens (tertiary/aromatic N) is 3. The van der Waals surface area contributed by atoms with Crippen LogP contribution in [0, 0.1) is 35.5 Å². The Bertz CT molecular complexity index is 1130. The second-order valence-electron chi connectivity index (χ2n) is 15.7. The number of carbonyl (C=O) groups is 4. The standard InChI is InChI=1S/C18H28N2O3.C15H23NO3/c1-18(2,3)23-17(22)20-15-12-8-6-7-11(12)9-13(15)14(16(20)21)10-19(4)5;1-15(2,3)19-14(18)16-12(17)8-10-7-9-5-4-6-11(9)13(10)16/h10-13,15H,6-9H2,1-5H3;9-11,13H,4-8H2,1-3H3/b14-10+;/t11-,12-,13+,15+;9-,10+,11-,13-/m00/s1. The van der Waals surface area contributed by atoms with Crippen molar-refractivity contribution >= 4 is 24.0 Å². The number of carbonyl (C=O) groups excluding carboxylic acids is 4. The first-order valence-corrected chi connectivity index (χ1v) is 16.1. The van der Waals surface area contributed by atoms with Crippen LogP contribution in [-0.2, 0) is 19.1 Å². The van der Waals surface area contributed by atoms with E-state index in [-0.39, 0.29) is 29.8 Å². The van der Waals surface area contributed by atoms with Crippen LogP contribution in [-0.4, -0.2) is 76.1 Å². The summed E-state index contributed by atoms with van der Waals surface area (Å²) in [6, 6.07) is 0.117. The highest BCUT2D eigenvalue weighted by Gasteiger charge is 2.59. The monoisotopic (exact) mass is 585 g/mol. The predicted molar refractivity (Wildman–Crippen MR) is 158 cm³/mol. The first kappa shape index (κ1) is 30.9. The summed E-state index contributed by atoms with van der Waals surface area (Å²) in [5.74, 6) is 2.72. The number of hydrogen-bond donors (Lipinski definition) is 0. The van der Waals surface area contributed by atoms with Crippen molar-refractivity contribution < 1.29 is 28.7 Å². The largest absolute Gasteiger partial charge is 0.443 e. The van der Waals surface area contributed by atoms with Crippen LogP contribution < -0.4 is 0 Å². The van der Waals surface area contributed by atoms with Crippen molar-refractivity contribution in [3.63, 3.8) is 0 Å². The molecule has 2 saturated heterocycles. The molecule has 0 aromatic rings. The molecule has 0 spiro atoms. The molecule has 6 aliphatic rings. The summed E-state index contributed by atoms with van der Waals surface area (Å²) in [4.78, 5) is 54.8. The van der Waals surface area contributed by atoms with Crippen molar-refractivity contribution in [3.8, 4) is 0 Å². The third kappa shape index (κ3) is 5.94. The average molecular weight is 586 g/mol. The van der Waals surface area contributed by atoms with Crippen molar-refractivity contribution in [2.75, 3.05) is 14.1 Å². The van der Waals surface area contributed by atoms with Crippen LogP contribution in [0.15, 0.2) is 11.8 Å². The van der Waals surface area contributed by atoms with Crippen molar-refractivity contribution in [2.45, 2.75) is 123 Å². The smallest absolute Gasteiger partial charge is 0.417 e. The number of hydrogen-bond acceptors (Lipinski definition) is 7. The minimum atomic E-state index is -0.589. The third-order valence-corrected chi connectivity index (χ3v) is 10.1. The molecular formula is C33H51N3O6. The zero-order valence-corrected chi connectivity index (χ0v) is 26.9. The van der Waals surface area contributed by atoms with Crippen LogP contribution >= 0.6 is 0 Å². The van der Waals surface area contributed by atoms with Crippen LogP contribution in [0.5, 0.6) is 0 Å². The Balaban J connectivity index is 0.000000171. The summed E-state index contributed by atoms with van der Waals surface area (Å²) in [7, 11) is 3.84. The normalized spacial score (nSPS) is 36.0. The molecule has 4 saturated carbocycles. The van der Waals surface area contributed by atoms with Gasteiger partial charge >= 0.3 is 12.2 Å². The van der Waals surface area contributed by atoms with Gasteiger partial charge in [-0.3, -0.25) is 9.59 Å². The van der Waals surface area contributed by atoms with Crippen molar-refractivity contribution in [3.05, 3.63) is 11.8 Å². The van der Waals surface area contributed by atoms with E-state index in [9.17, 15) is 19.2 Å². The maximum atomic E-state index is 12.9. The molecule has 9 heteroatoms. The van der Waals surface area contributed by atoms with Gasteiger partial charge in [0.25, 0.3) is 5.91 Å². The van der Waals surface area contributed by atoms with E-state index in [1.807, 2.05) is 66.7 Å². The van der Waals surface area contributed by atoms with Gasteiger partial charge in [0, 0.05) is 44.2 Å². The molecule has 0 aromatic heterocycles. The topological polar surface area (TPSA) is 96.5 Å². The van der Waals surface area contributed by atoms with Crippen molar-refractivity contribution in [2.24, 2.45) is 35.5 Å². The van der Waals surface area contributed by atoms with E-state index in [2.05, 4.69) is 0 Å². The van der Waals surface area contributed by atoms with Crippen molar-refractivity contribution in [1.82, 2.24) is 14.7 Å². The molecule has 6 rings (SSSR count). The van der Waals surface area contributed by atoms with Crippen LogP contribution in [0.2, 0.25) is 0 Å². The lowest BCUT2D eigenvalue weighted by atomic mass is 9.94. The minimum Gasteiger partial charge on any atom is -0.443 e. The van der Waals surface area contributed by atoms with E-state index in [0.717, 1.165) is 30.8 Å². The molecule has 2 aliphatic heterocycles. The van der Waals surface area contributed by atoms with E-state index in [1.165, 1.54) is 41.9 Å². The molecule has 0 N–H and O–H groups in total. The summed E-state index contributed by atoms with van der Waals surface area (Å²) >= 11 is 0. The highest BCUT2D eigenvalue weighted by atomic mass is 16.6. The Morgan fingerprint density at radius 2 is 1.29 bits per heavy atom.